The van der Waals surface area contributed by atoms with Crippen molar-refractivity contribution in [1.29, 1.82) is 0 Å². The minimum absolute atomic E-state index is 0.0257. The van der Waals surface area contributed by atoms with Gasteiger partial charge in [0.2, 0.25) is 11.8 Å². The molecule has 2 amide bonds. The quantitative estimate of drug-likeness (QED) is 0.839. The molecule has 0 bridgehead atoms. The molecule has 4 nitrogen and oxygen atoms in total. The van der Waals surface area contributed by atoms with E-state index in [1.165, 1.54) is 6.92 Å². The number of hydrogen-bond donors (Lipinski definition) is 1. The zero-order valence-electron chi connectivity index (χ0n) is 13.7. The van der Waals surface area contributed by atoms with E-state index in [-0.39, 0.29) is 11.8 Å². The Labute approximate surface area is 147 Å². The van der Waals surface area contributed by atoms with Gasteiger partial charge in [0.1, 0.15) is 0 Å². The molecule has 0 aliphatic carbocycles. The van der Waals surface area contributed by atoms with Gasteiger partial charge in [-0.05, 0) is 23.3 Å². The molecule has 2 rings (SSSR count). The summed E-state index contributed by atoms with van der Waals surface area (Å²) in [6.45, 7) is 2.93. The van der Waals surface area contributed by atoms with Crippen LogP contribution in [0.1, 0.15) is 18.1 Å². The highest BCUT2D eigenvalue weighted by Gasteiger charge is 2.10. The number of amides is 2. The molecule has 0 saturated carbocycles. The zero-order valence-corrected chi connectivity index (χ0v) is 14.4. The predicted octanol–water partition coefficient (Wildman–Crippen LogP) is 3.05. The molecule has 2 aromatic rings. The van der Waals surface area contributed by atoms with Crippen molar-refractivity contribution in [3.63, 3.8) is 0 Å². The van der Waals surface area contributed by atoms with Gasteiger partial charge < -0.3 is 10.2 Å². The molecule has 0 radical (unpaired) electrons. The van der Waals surface area contributed by atoms with E-state index in [2.05, 4.69) is 5.32 Å². The third-order valence-corrected chi connectivity index (χ3v) is 3.90. The second-order valence-electron chi connectivity index (χ2n) is 5.58. The summed E-state index contributed by atoms with van der Waals surface area (Å²) in [6, 6.07) is 17.0. The molecule has 0 aliphatic heterocycles. The number of nitrogens with one attached hydrogen (secondary N) is 1. The summed E-state index contributed by atoms with van der Waals surface area (Å²) in [5.41, 5.74) is 1.98. The van der Waals surface area contributed by atoms with Crippen molar-refractivity contribution < 1.29 is 9.59 Å². The van der Waals surface area contributed by atoms with Crippen molar-refractivity contribution in [3.8, 4) is 0 Å². The Balaban J connectivity index is 1.80. The normalized spacial score (nSPS) is 10.2. The third-order valence-electron chi connectivity index (χ3n) is 3.64. The average molecular weight is 345 g/mol. The lowest BCUT2D eigenvalue weighted by Crippen LogP contribution is -2.37. The maximum Gasteiger partial charge on any atom is 0.224 e. The van der Waals surface area contributed by atoms with E-state index in [9.17, 15) is 9.59 Å². The van der Waals surface area contributed by atoms with Crippen LogP contribution in [-0.4, -0.2) is 29.8 Å². The average Bonchev–Trinajstić information content (AvgIpc) is 2.56. The lowest BCUT2D eigenvalue weighted by Gasteiger charge is -2.21. The van der Waals surface area contributed by atoms with Gasteiger partial charge in [-0.15, -0.1) is 0 Å². The van der Waals surface area contributed by atoms with Crippen molar-refractivity contribution >= 4 is 23.4 Å². The summed E-state index contributed by atoms with van der Waals surface area (Å²) in [5, 5.41) is 3.53. The number of carbonyl (C=O) groups excluding carboxylic acids is 2. The number of hydrogen-bond acceptors (Lipinski definition) is 2. The Bertz CT molecular complexity index is 672. The van der Waals surface area contributed by atoms with Crippen molar-refractivity contribution in [2.24, 2.45) is 0 Å². The van der Waals surface area contributed by atoms with Crippen LogP contribution in [0.2, 0.25) is 5.02 Å². The molecule has 5 heteroatoms. The van der Waals surface area contributed by atoms with E-state index in [1.54, 1.807) is 17.0 Å². The highest BCUT2D eigenvalue weighted by molar-refractivity contribution is 6.30. The molecule has 0 spiro atoms. The summed E-state index contributed by atoms with van der Waals surface area (Å²) in [5.74, 6) is -0.0709. The number of nitrogens with zero attached hydrogens (tertiary/aromatic N) is 1. The van der Waals surface area contributed by atoms with E-state index in [4.69, 9.17) is 11.6 Å². The van der Waals surface area contributed by atoms with Crippen LogP contribution in [-0.2, 0) is 22.6 Å². The summed E-state index contributed by atoms with van der Waals surface area (Å²) >= 11 is 5.87. The van der Waals surface area contributed by atoms with Gasteiger partial charge in [-0.3, -0.25) is 9.59 Å². The zero-order chi connectivity index (χ0) is 17.4. The highest BCUT2D eigenvalue weighted by Crippen LogP contribution is 2.11. The Morgan fingerprint density at radius 1 is 1.00 bits per heavy atom. The van der Waals surface area contributed by atoms with E-state index in [0.717, 1.165) is 11.1 Å². The van der Waals surface area contributed by atoms with E-state index >= 15 is 0 Å². The van der Waals surface area contributed by atoms with Gasteiger partial charge in [-0.25, -0.2) is 0 Å². The van der Waals surface area contributed by atoms with Gasteiger partial charge in [0.15, 0.2) is 0 Å². The molecular formula is C19H21ClN2O2. The molecule has 0 saturated heterocycles. The second kappa shape index (κ2) is 9.08. The van der Waals surface area contributed by atoms with Crippen LogP contribution in [0.3, 0.4) is 0 Å². The molecule has 0 aromatic heterocycles. The first-order valence-corrected chi connectivity index (χ1v) is 8.23. The minimum atomic E-state index is -0.0452. The first-order chi connectivity index (χ1) is 11.5. The maximum absolute atomic E-state index is 11.9. The van der Waals surface area contributed by atoms with Gasteiger partial charge in [0, 0.05) is 31.6 Å². The number of carbonyl (C=O) groups is 2. The standard InChI is InChI=1S/C19H21ClN2O2/c1-15(23)22(14-17-7-9-18(20)10-8-17)12-11-21-19(24)13-16-5-3-2-4-6-16/h2-10H,11-14H2,1H3,(H,21,24). The molecule has 24 heavy (non-hydrogen) atoms. The minimum Gasteiger partial charge on any atom is -0.354 e. The first-order valence-electron chi connectivity index (χ1n) is 7.85. The van der Waals surface area contributed by atoms with Crippen molar-refractivity contribution in [2.75, 3.05) is 13.1 Å². The van der Waals surface area contributed by atoms with Crippen LogP contribution < -0.4 is 5.32 Å². The van der Waals surface area contributed by atoms with E-state index in [0.29, 0.717) is 31.1 Å². The monoisotopic (exact) mass is 344 g/mol. The third kappa shape index (κ3) is 6.05. The molecule has 0 aliphatic rings. The predicted molar refractivity (Wildman–Crippen MR) is 95.7 cm³/mol. The summed E-state index contributed by atoms with van der Waals surface area (Å²) in [7, 11) is 0. The Kier molecular flexibility index (Phi) is 6.82. The molecule has 1 N–H and O–H groups in total. The molecule has 126 valence electrons. The van der Waals surface area contributed by atoms with Crippen LogP contribution in [0, 0.1) is 0 Å². The van der Waals surface area contributed by atoms with E-state index < -0.39 is 0 Å². The van der Waals surface area contributed by atoms with Crippen LogP contribution in [0.15, 0.2) is 54.6 Å². The first kappa shape index (κ1) is 18.0. The van der Waals surface area contributed by atoms with Gasteiger partial charge >= 0.3 is 0 Å². The van der Waals surface area contributed by atoms with Gasteiger partial charge in [0.05, 0.1) is 6.42 Å². The molecule has 2 aromatic carbocycles. The van der Waals surface area contributed by atoms with Crippen molar-refractivity contribution in [2.45, 2.75) is 19.9 Å². The molecule has 0 fully saturated rings. The van der Waals surface area contributed by atoms with Crippen LogP contribution >= 0.6 is 11.6 Å². The Morgan fingerprint density at radius 2 is 1.67 bits per heavy atom. The van der Waals surface area contributed by atoms with Crippen LogP contribution in [0.4, 0.5) is 0 Å². The van der Waals surface area contributed by atoms with Crippen molar-refractivity contribution in [1.82, 2.24) is 10.2 Å². The molecule has 0 unspecified atom stereocenters. The summed E-state index contributed by atoms with van der Waals surface area (Å²) in [6.07, 6.45) is 0.345. The topological polar surface area (TPSA) is 49.4 Å². The number of halogens is 1. The Hall–Kier alpha value is -2.33. The summed E-state index contributed by atoms with van der Waals surface area (Å²) < 4.78 is 0. The SMILES string of the molecule is CC(=O)N(CCNC(=O)Cc1ccccc1)Cc1ccc(Cl)cc1. The maximum atomic E-state index is 11.9. The number of rotatable bonds is 7. The van der Waals surface area contributed by atoms with E-state index in [1.807, 2.05) is 42.5 Å². The Morgan fingerprint density at radius 3 is 2.29 bits per heavy atom. The smallest absolute Gasteiger partial charge is 0.224 e. The summed E-state index contributed by atoms with van der Waals surface area (Å²) in [4.78, 5) is 25.4. The van der Waals surface area contributed by atoms with Crippen molar-refractivity contribution in [3.05, 3.63) is 70.7 Å². The fraction of sp³-hybridized carbons (Fsp3) is 0.263. The lowest BCUT2D eigenvalue weighted by atomic mass is 10.1. The van der Waals surface area contributed by atoms with Gasteiger partial charge in [-0.2, -0.15) is 0 Å². The highest BCUT2D eigenvalue weighted by atomic mass is 35.5. The van der Waals surface area contributed by atoms with Crippen LogP contribution in [0.5, 0.6) is 0 Å². The lowest BCUT2D eigenvalue weighted by molar-refractivity contribution is -0.130. The second-order valence-corrected chi connectivity index (χ2v) is 6.02. The van der Waals surface area contributed by atoms with Crippen LogP contribution in [0.25, 0.3) is 0 Å². The number of benzene rings is 2. The molecular weight excluding hydrogens is 324 g/mol. The van der Waals surface area contributed by atoms with Gasteiger partial charge in [-0.1, -0.05) is 54.1 Å². The molecule has 0 atom stereocenters. The fourth-order valence-electron chi connectivity index (χ4n) is 2.33. The fourth-order valence-corrected chi connectivity index (χ4v) is 2.46. The van der Waals surface area contributed by atoms with Gasteiger partial charge in [0.25, 0.3) is 0 Å². The largest absolute Gasteiger partial charge is 0.354 e. The molecule has 0 heterocycles.